The van der Waals surface area contributed by atoms with Crippen LogP contribution in [0.3, 0.4) is 0 Å². The number of alkyl halides is 3. The molecule has 5 rings (SSSR count). The summed E-state index contributed by atoms with van der Waals surface area (Å²) in [6, 6.07) is 4.83. The molecule has 3 aromatic rings. The van der Waals surface area contributed by atoms with Crippen molar-refractivity contribution in [2.45, 2.75) is 51.6 Å². The van der Waals surface area contributed by atoms with Crippen molar-refractivity contribution in [3.63, 3.8) is 0 Å². The van der Waals surface area contributed by atoms with Crippen LogP contribution in [0.15, 0.2) is 36.8 Å². The van der Waals surface area contributed by atoms with Gasteiger partial charge in [0, 0.05) is 43.6 Å². The molecule has 1 aromatic carbocycles. The summed E-state index contributed by atoms with van der Waals surface area (Å²) >= 11 is 0. The third-order valence-electron chi connectivity index (χ3n) is 6.96. The Kier molecular flexibility index (Phi) is 7.86. The molecule has 2 aromatic heterocycles. The van der Waals surface area contributed by atoms with Gasteiger partial charge in [0.05, 0.1) is 24.5 Å². The Morgan fingerprint density at radius 2 is 1.90 bits per heavy atom. The molecule has 0 bridgehead atoms. The molecule has 0 atom stereocenters. The maximum absolute atomic E-state index is 13.4. The van der Waals surface area contributed by atoms with E-state index in [0.717, 1.165) is 0 Å². The van der Waals surface area contributed by atoms with Gasteiger partial charge in [-0.2, -0.15) is 18.3 Å². The largest absolute Gasteiger partial charge is 0.491 e. The van der Waals surface area contributed by atoms with E-state index in [1.165, 1.54) is 10.7 Å². The summed E-state index contributed by atoms with van der Waals surface area (Å²) in [4.78, 5) is 56.7. The molecule has 15 heteroatoms. The van der Waals surface area contributed by atoms with Crippen LogP contribution < -0.4 is 10.1 Å². The number of anilines is 1. The van der Waals surface area contributed by atoms with E-state index in [9.17, 15) is 32.3 Å². The molecule has 1 saturated heterocycles. The third-order valence-corrected chi connectivity index (χ3v) is 6.96. The quantitative estimate of drug-likeness (QED) is 0.327. The van der Waals surface area contributed by atoms with Gasteiger partial charge in [-0.15, -0.1) is 0 Å². The average Bonchev–Trinajstić information content (AvgIpc) is 3.49. The lowest BCUT2D eigenvalue weighted by Crippen LogP contribution is -2.46. The first-order chi connectivity index (χ1) is 19.9. The van der Waals surface area contributed by atoms with Crippen molar-refractivity contribution in [1.82, 2.24) is 24.4 Å². The van der Waals surface area contributed by atoms with Gasteiger partial charge in [0.1, 0.15) is 11.3 Å². The van der Waals surface area contributed by atoms with Gasteiger partial charge < -0.3 is 19.7 Å². The zero-order valence-corrected chi connectivity index (χ0v) is 22.7. The minimum atomic E-state index is -5.25. The molecular formula is C27H27F3N6O6. The number of fused-ring (bicyclic) bond motifs is 2. The molecule has 222 valence electrons. The number of carbonyl (C=O) groups is 4. The summed E-state index contributed by atoms with van der Waals surface area (Å²) in [6.45, 7) is 4.09. The number of hydrogen-bond donors (Lipinski definition) is 1. The second-order valence-corrected chi connectivity index (χ2v) is 10.3. The number of aromatic nitrogens is 3. The highest BCUT2D eigenvalue weighted by Gasteiger charge is 2.43. The van der Waals surface area contributed by atoms with Crippen LogP contribution in [0.25, 0.3) is 5.65 Å². The maximum Gasteiger partial charge on any atom is 0.491 e. The summed E-state index contributed by atoms with van der Waals surface area (Å²) in [5.74, 6) is -4.15. The Morgan fingerprint density at radius 3 is 2.60 bits per heavy atom. The van der Waals surface area contributed by atoms with Crippen LogP contribution in [0.1, 0.15) is 53.0 Å². The minimum absolute atomic E-state index is 0.189. The molecule has 12 nitrogen and oxygen atoms in total. The topological polar surface area (TPSA) is 135 Å². The summed E-state index contributed by atoms with van der Waals surface area (Å²) in [7, 11) is 0. The molecule has 1 N–H and O–H groups in total. The first kappa shape index (κ1) is 29.0. The standard InChI is InChI=1S/C27H27F3N6O6/c1-15(2)41-21-11-18-16(10-20(21)33-24(38)19-12-32-36-7-3-6-31-23(19)36)13-35(25(18)39)17-4-8-34(9-5-17)14-22(37)42-26(40)27(28,29)30/h3,6-7,10-12,15,17H,4-5,8-9,13-14H2,1-2H3,(H,33,38). The first-order valence-electron chi connectivity index (χ1n) is 13.2. The molecule has 4 heterocycles. The van der Waals surface area contributed by atoms with E-state index in [0.29, 0.717) is 54.1 Å². The molecule has 2 amide bonds. The number of likely N-dealkylation sites (tertiary alicyclic amines) is 1. The van der Waals surface area contributed by atoms with Gasteiger partial charge in [-0.05, 0) is 50.5 Å². The predicted octanol–water partition coefficient (Wildman–Crippen LogP) is 2.82. The highest BCUT2D eigenvalue weighted by atomic mass is 19.4. The second kappa shape index (κ2) is 11.4. The highest BCUT2D eigenvalue weighted by Crippen LogP contribution is 2.36. The molecule has 1 fully saturated rings. The van der Waals surface area contributed by atoms with Gasteiger partial charge in [-0.25, -0.2) is 14.3 Å². The minimum Gasteiger partial charge on any atom is -0.489 e. The van der Waals surface area contributed by atoms with Crippen LogP contribution in [0.5, 0.6) is 5.75 Å². The van der Waals surface area contributed by atoms with Crippen LogP contribution in [0.2, 0.25) is 0 Å². The summed E-state index contributed by atoms with van der Waals surface area (Å²) in [5.41, 5.74) is 2.18. The number of carbonyl (C=O) groups excluding carboxylic acids is 4. The van der Waals surface area contributed by atoms with Gasteiger partial charge in [0.15, 0.2) is 5.65 Å². The number of amides is 2. The lowest BCUT2D eigenvalue weighted by atomic mass is 10.0. The van der Waals surface area contributed by atoms with Crippen molar-refractivity contribution in [1.29, 1.82) is 0 Å². The number of nitrogens with zero attached hydrogens (tertiary/aromatic N) is 5. The van der Waals surface area contributed by atoms with Crippen molar-refractivity contribution in [2.75, 3.05) is 25.0 Å². The summed E-state index contributed by atoms with van der Waals surface area (Å²) in [6.07, 6.45) is 0.0742. The van der Waals surface area contributed by atoms with Gasteiger partial charge >= 0.3 is 18.1 Å². The van der Waals surface area contributed by atoms with E-state index in [-0.39, 0.29) is 30.2 Å². The van der Waals surface area contributed by atoms with Gasteiger partial charge in [0.25, 0.3) is 11.8 Å². The Morgan fingerprint density at radius 1 is 1.17 bits per heavy atom. The van der Waals surface area contributed by atoms with Crippen molar-refractivity contribution in [3.8, 4) is 5.75 Å². The van der Waals surface area contributed by atoms with Crippen LogP contribution in [0, 0.1) is 0 Å². The monoisotopic (exact) mass is 588 g/mol. The molecule has 0 spiro atoms. The van der Waals surface area contributed by atoms with E-state index in [1.54, 1.807) is 40.4 Å². The number of benzene rings is 1. The van der Waals surface area contributed by atoms with Gasteiger partial charge in [0.2, 0.25) is 0 Å². The predicted molar refractivity (Wildman–Crippen MR) is 140 cm³/mol. The van der Waals surface area contributed by atoms with Crippen molar-refractivity contribution in [3.05, 3.63) is 53.5 Å². The maximum atomic E-state index is 13.4. The molecule has 42 heavy (non-hydrogen) atoms. The third kappa shape index (κ3) is 6.05. The molecule has 0 aliphatic carbocycles. The number of hydrogen-bond acceptors (Lipinski definition) is 9. The van der Waals surface area contributed by atoms with E-state index < -0.39 is 30.6 Å². The number of piperidine rings is 1. The number of ether oxygens (including phenoxy) is 2. The van der Waals surface area contributed by atoms with E-state index >= 15 is 0 Å². The number of halogens is 3. The molecule has 2 aliphatic heterocycles. The van der Waals surface area contributed by atoms with E-state index in [2.05, 4.69) is 20.1 Å². The lowest BCUT2D eigenvalue weighted by molar-refractivity contribution is -0.202. The molecule has 0 unspecified atom stereocenters. The van der Waals surface area contributed by atoms with Crippen molar-refractivity contribution < 1.29 is 41.8 Å². The lowest BCUT2D eigenvalue weighted by Gasteiger charge is -2.36. The first-order valence-corrected chi connectivity index (χ1v) is 13.2. The van der Waals surface area contributed by atoms with Crippen LogP contribution in [-0.4, -0.2) is 86.1 Å². The van der Waals surface area contributed by atoms with Crippen LogP contribution in [0.4, 0.5) is 18.9 Å². The van der Waals surface area contributed by atoms with Gasteiger partial charge in [-0.3, -0.25) is 19.3 Å². The summed E-state index contributed by atoms with van der Waals surface area (Å²) in [5, 5.41) is 7.01. The molecule has 2 aliphatic rings. The van der Waals surface area contributed by atoms with E-state index in [1.807, 2.05) is 13.8 Å². The summed E-state index contributed by atoms with van der Waals surface area (Å²) < 4.78 is 48.3. The molecule has 0 radical (unpaired) electrons. The van der Waals surface area contributed by atoms with Gasteiger partial charge in [-0.1, -0.05) is 0 Å². The normalized spacial score (nSPS) is 16.1. The van der Waals surface area contributed by atoms with Crippen molar-refractivity contribution in [2.24, 2.45) is 0 Å². The fourth-order valence-corrected chi connectivity index (χ4v) is 5.05. The zero-order chi connectivity index (χ0) is 30.2. The number of nitrogens with one attached hydrogen (secondary N) is 1. The van der Waals surface area contributed by atoms with E-state index in [4.69, 9.17) is 4.74 Å². The van der Waals surface area contributed by atoms with Crippen LogP contribution in [-0.2, 0) is 20.9 Å². The number of esters is 2. The average molecular weight is 589 g/mol. The Labute approximate surface area is 237 Å². The SMILES string of the molecule is CC(C)Oc1cc2c(cc1NC(=O)c1cnn3cccnc13)CN(C1CCN(CC(=O)OC(=O)C(F)(F)F)CC1)C2=O. The Hall–Kier alpha value is -4.53. The molecular weight excluding hydrogens is 561 g/mol. The fraction of sp³-hybridized carbons (Fsp3) is 0.407. The van der Waals surface area contributed by atoms with Crippen molar-refractivity contribution >= 4 is 35.1 Å². The number of rotatable bonds is 7. The highest BCUT2D eigenvalue weighted by molar-refractivity contribution is 6.09. The van der Waals surface area contributed by atoms with Crippen LogP contribution >= 0.6 is 0 Å². The Balaban J connectivity index is 1.26. The fourth-order valence-electron chi connectivity index (χ4n) is 5.05. The zero-order valence-electron chi connectivity index (χ0n) is 22.7. The smallest absolute Gasteiger partial charge is 0.489 e. The molecule has 0 saturated carbocycles. The second-order valence-electron chi connectivity index (χ2n) is 10.3. The Bertz CT molecular complexity index is 1550.